The molecule has 0 saturated carbocycles. The third-order valence-electron chi connectivity index (χ3n) is 7.10. The smallest absolute Gasteiger partial charge is 0.409 e. The molecule has 2 aromatic carbocycles. The number of carbonyl (C=O) groups is 2. The van der Waals surface area contributed by atoms with Crippen LogP contribution in [0.2, 0.25) is 0 Å². The number of carbonyl (C=O) groups excluding carboxylic acids is 2. The highest BCUT2D eigenvalue weighted by molar-refractivity contribution is 7.98. The average Bonchev–Trinajstić information content (AvgIpc) is 3.42. The van der Waals surface area contributed by atoms with Crippen LogP contribution >= 0.6 is 23.1 Å². The van der Waals surface area contributed by atoms with Crippen molar-refractivity contribution in [3.05, 3.63) is 48.0 Å². The first-order valence-corrected chi connectivity index (χ1v) is 17.2. The fourth-order valence-electron chi connectivity index (χ4n) is 4.60. The third-order valence-corrected chi connectivity index (χ3v) is 10.8. The molecule has 1 saturated heterocycles. The molecule has 13 heteroatoms. The van der Waals surface area contributed by atoms with Crippen molar-refractivity contribution < 1.29 is 22.7 Å². The number of anilines is 1. The molecule has 41 heavy (non-hydrogen) atoms. The lowest BCUT2D eigenvalue weighted by atomic mass is 10.2. The zero-order valence-corrected chi connectivity index (χ0v) is 26.4. The van der Waals surface area contributed by atoms with Crippen LogP contribution in [0.1, 0.15) is 31.1 Å². The van der Waals surface area contributed by atoms with Crippen molar-refractivity contribution in [3.8, 4) is 0 Å². The number of rotatable bonds is 11. The standard InChI is InChI=1S/C28H37N5O5S3/c1-5-30(6-2)14-19-33(27-29-24-13-10-22(39-4)20-25(24)40-27)26(34)21-8-11-23(12-9-21)41(36,37)32-17-15-31(16-18-32)28(35)38-7-3/h8-13,20H,5-7,14-19H2,1-4H3. The van der Waals surface area contributed by atoms with Crippen LogP contribution < -0.4 is 4.90 Å². The molecule has 0 N–H and O–H groups in total. The number of aromatic nitrogens is 1. The van der Waals surface area contributed by atoms with Gasteiger partial charge in [0.1, 0.15) is 0 Å². The first kappa shape index (κ1) is 31.2. The number of fused-ring (bicyclic) bond motifs is 1. The van der Waals surface area contributed by atoms with Crippen LogP contribution in [0.5, 0.6) is 0 Å². The Kier molecular flexibility index (Phi) is 10.6. The van der Waals surface area contributed by atoms with Gasteiger partial charge < -0.3 is 14.5 Å². The van der Waals surface area contributed by atoms with Crippen molar-refractivity contribution in [3.63, 3.8) is 0 Å². The van der Waals surface area contributed by atoms with Crippen LogP contribution in [-0.4, -0.2) is 105 Å². The Morgan fingerprint density at radius 1 is 1.00 bits per heavy atom. The van der Waals surface area contributed by atoms with Crippen molar-refractivity contribution in [2.24, 2.45) is 0 Å². The Hall–Kier alpha value is -2.71. The summed E-state index contributed by atoms with van der Waals surface area (Å²) in [5.41, 5.74) is 1.23. The van der Waals surface area contributed by atoms with Crippen LogP contribution in [0.15, 0.2) is 52.3 Å². The molecule has 0 atom stereocenters. The summed E-state index contributed by atoms with van der Waals surface area (Å²) in [7, 11) is -3.78. The summed E-state index contributed by atoms with van der Waals surface area (Å²) in [6.07, 6.45) is 1.59. The number of nitrogens with zero attached hydrogens (tertiary/aromatic N) is 5. The Labute approximate surface area is 250 Å². The fraction of sp³-hybridized carbons (Fsp3) is 0.464. The van der Waals surface area contributed by atoms with Crippen LogP contribution in [0, 0.1) is 0 Å². The molecule has 0 bridgehead atoms. The van der Waals surface area contributed by atoms with Crippen LogP contribution in [0.4, 0.5) is 9.93 Å². The van der Waals surface area contributed by atoms with Gasteiger partial charge in [0.05, 0.1) is 21.7 Å². The summed E-state index contributed by atoms with van der Waals surface area (Å²) >= 11 is 3.14. The van der Waals surface area contributed by atoms with Crippen LogP contribution in [0.25, 0.3) is 10.2 Å². The molecule has 3 aromatic rings. The lowest BCUT2D eigenvalue weighted by molar-refractivity contribution is 0.0933. The maximum absolute atomic E-state index is 13.8. The number of benzene rings is 2. The number of thioether (sulfide) groups is 1. The number of hydrogen-bond donors (Lipinski definition) is 0. The predicted octanol–water partition coefficient (Wildman–Crippen LogP) is 4.47. The summed E-state index contributed by atoms with van der Waals surface area (Å²) in [6, 6.07) is 12.2. The monoisotopic (exact) mass is 619 g/mol. The summed E-state index contributed by atoms with van der Waals surface area (Å²) in [6.45, 7) is 9.95. The second kappa shape index (κ2) is 14.0. The molecule has 10 nitrogen and oxygen atoms in total. The van der Waals surface area contributed by atoms with Gasteiger partial charge in [0.15, 0.2) is 5.13 Å². The van der Waals surface area contributed by atoms with Gasteiger partial charge in [-0.1, -0.05) is 25.2 Å². The molecule has 0 unspecified atom stereocenters. The molecule has 2 amide bonds. The topological polar surface area (TPSA) is 103 Å². The molecule has 1 aliphatic heterocycles. The van der Waals surface area contributed by atoms with E-state index in [2.05, 4.69) is 24.8 Å². The van der Waals surface area contributed by atoms with Gasteiger partial charge in [0.25, 0.3) is 5.91 Å². The van der Waals surface area contributed by atoms with Crippen molar-refractivity contribution in [2.75, 3.05) is 70.1 Å². The molecule has 4 rings (SSSR count). The number of thiazole rings is 1. The number of likely N-dealkylation sites (N-methyl/N-ethyl adjacent to an activating group) is 1. The number of piperazine rings is 1. The van der Waals surface area contributed by atoms with Crippen LogP contribution in [0.3, 0.4) is 0 Å². The second-order valence-corrected chi connectivity index (χ2v) is 13.3. The molecule has 0 radical (unpaired) electrons. The summed E-state index contributed by atoms with van der Waals surface area (Å²) in [5.74, 6) is -0.228. The van der Waals surface area contributed by atoms with Gasteiger partial charge in [0.2, 0.25) is 10.0 Å². The minimum atomic E-state index is -3.78. The Morgan fingerprint density at radius 3 is 2.29 bits per heavy atom. The quantitative estimate of drug-likeness (QED) is 0.290. The van der Waals surface area contributed by atoms with Gasteiger partial charge in [-0.25, -0.2) is 18.2 Å². The van der Waals surface area contributed by atoms with Crippen molar-refractivity contribution in [2.45, 2.75) is 30.6 Å². The minimum Gasteiger partial charge on any atom is -0.450 e. The first-order valence-electron chi connectivity index (χ1n) is 13.7. The zero-order valence-electron chi connectivity index (χ0n) is 23.9. The molecule has 1 aromatic heterocycles. The van der Waals surface area contributed by atoms with E-state index in [0.717, 1.165) is 28.2 Å². The van der Waals surface area contributed by atoms with Gasteiger partial charge in [0, 0.05) is 49.7 Å². The summed E-state index contributed by atoms with van der Waals surface area (Å²) in [4.78, 5) is 37.2. The highest BCUT2D eigenvalue weighted by atomic mass is 32.2. The molecule has 0 spiro atoms. The predicted molar refractivity (Wildman–Crippen MR) is 165 cm³/mol. The number of hydrogen-bond acceptors (Lipinski definition) is 9. The maximum atomic E-state index is 13.8. The van der Waals surface area contributed by atoms with Gasteiger partial charge in [-0.3, -0.25) is 9.69 Å². The zero-order chi connectivity index (χ0) is 29.6. The highest BCUT2D eigenvalue weighted by Gasteiger charge is 2.31. The van der Waals surface area contributed by atoms with E-state index in [0.29, 0.717) is 23.8 Å². The van der Waals surface area contributed by atoms with Crippen LogP contribution in [-0.2, 0) is 14.8 Å². The van der Waals surface area contributed by atoms with E-state index >= 15 is 0 Å². The van der Waals surface area contributed by atoms with Crippen molar-refractivity contribution in [1.29, 1.82) is 0 Å². The molecule has 1 fully saturated rings. The van der Waals surface area contributed by atoms with Crippen molar-refractivity contribution in [1.82, 2.24) is 19.1 Å². The van der Waals surface area contributed by atoms with Gasteiger partial charge in [-0.2, -0.15) is 4.31 Å². The van der Waals surface area contributed by atoms with E-state index in [-0.39, 0.29) is 43.6 Å². The van der Waals surface area contributed by atoms with E-state index in [9.17, 15) is 18.0 Å². The normalized spacial score (nSPS) is 14.5. The third kappa shape index (κ3) is 7.20. The molecule has 2 heterocycles. The van der Waals surface area contributed by atoms with E-state index in [1.165, 1.54) is 32.7 Å². The Balaban J connectivity index is 1.54. The van der Waals surface area contributed by atoms with E-state index in [1.807, 2.05) is 18.4 Å². The van der Waals surface area contributed by atoms with E-state index < -0.39 is 16.1 Å². The molecule has 1 aliphatic rings. The number of ether oxygens (including phenoxy) is 1. The minimum absolute atomic E-state index is 0.109. The number of sulfonamides is 1. The van der Waals surface area contributed by atoms with Gasteiger partial charge >= 0.3 is 6.09 Å². The molecular weight excluding hydrogens is 583 g/mol. The summed E-state index contributed by atoms with van der Waals surface area (Å²) < 4.78 is 34.0. The largest absolute Gasteiger partial charge is 0.450 e. The average molecular weight is 620 g/mol. The fourth-order valence-corrected chi connectivity index (χ4v) is 7.57. The Morgan fingerprint density at radius 2 is 1.68 bits per heavy atom. The molecule has 0 aliphatic carbocycles. The van der Waals surface area contributed by atoms with Gasteiger partial charge in [-0.15, -0.1) is 11.8 Å². The SMILES string of the molecule is CCOC(=O)N1CCN(S(=O)(=O)c2ccc(C(=O)N(CCN(CC)CC)c3nc4ccc(SC)cc4s3)cc2)CC1. The van der Waals surface area contributed by atoms with Crippen molar-refractivity contribution >= 4 is 60.5 Å². The first-order chi connectivity index (χ1) is 19.7. The lowest BCUT2D eigenvalue weighted by Crippen LogP contribution is -2.50. The van der Waals surface area contributed by atoms with Gasteiger partial charge in [-0.05, 0) is 68.7 Å². The highest BCUT2D eigenvalue weighted by Crippen LogP contribution is 2.32. The Bertz CT molecular complexity index is 1450. The lowest BCUT2D eigenvalue weighted by Gasteiger charge is -2.33. The summed E-state index contributed by atoms with van der Waals surface area (Å²) in [5, 5.41) is 0.617. The molecular formula is C28H37N5O5S3. The number of amides is 2. The molecule has 222 valence electrons. The van der Waals surface area contributed by atoms with E-state index in [4.69, 9.17) is 9.72 Å². The van der Waals surface area contributed by atoms with E-state index in [1.54, 1.807) is 35.7 Å². The maximum Gasteiger partial charge on any atom is 0.409 e. The second-order valence-electron chi connectivity index (χ2n) is 9.43.